The fourth-order valence-corrected chi connectivity index (χ4v) is 2.39. The van der Waals surface area contributed by atoms with Crippen LogP contribution in [0.15, 0.2) is 6.33 Å². The van der Waals surface area contributed by atoms with Crippen LogP contribution in [-0.2, 0) is 16.1 Å². The van der Waals surface area contributed by atoms with Gasteiger partial charge in [-0.05, 0) is 32.6 Å². The number of hydrogen-bond acceptors (Lipinski definition) is 3. The molecule has 1 aliphatic rings. The lowest BCUT2D eigenvalue weighted by atomic mass is 9.98. The normalized spacial score (nSPS) is 19.4. The van der Waals surface area contributed by atoms with Gasteiger partial charge in [0.15, 0.2) is 0 Å². The number of aryl methyl sites for hydroxylation is 1. The number of ether oxygens (including phenoxy) is 1. The maximum Gasteiger partial charge on any atom is 0.220 e. The van der Waals surface area contributed by atoms with Crippen LogP contribution in [0.1, 0.15) is 30.7 Å². The standard InChI is InChI=1S/C14H23N3O2/c1-11-12(2)17(10-16-11)6-5-15-14(18)8-13-4-3-7-19-9-13/h10,13H,3-9H2,1-2H3,(H,15,18). The number of imidazole rings is 1. The summed E-state index contributed by atoms with van der Waals surface area (Å²) in [5.41, 5.74) is 2.21. The number of rotatable bonds is 5. The molecule has 0 spiro atoms. The van der Waals surface area contributed by atoms with Crippen LogP contribution in [-0.4, -0.2) is 35.2 Å². The monoisotopic (exact) mass is 265 g/mol. The lowest BCUT2D eigenvalue weighted by Crippen LogP contribution is -2.31. The summed E-state index contributed by atoms with van der Waals surface area (Å²) in [6.07, 6.45) is 4.59. The Morgan fingerprint density at radius 2 is 2.42 bits per heavy atom. The number of carbonyl (C=O) groups is 1. The third-order valence-electron chi connectivity index (χ3n) is 3.75. The molecule has 1 amide bonds. The van der Waals surface area contributed by atoms with Crippen molar-refractivity contribution >= 4 is 5.91 Å². The van der Waals surface area contributed by atoms with Gasteiger partial charge in [-0.1, -0.05) is 0 Å². The number of carbonyl (C=O) groups excluding carboxylic acids is 1. The first-order valence-electron chi connectivity index (χ1n) is 6.99. The molecule has 106 valence electrons. The molecule has 19 heavy (non-hydrogen) atoms. The van der Waals surface area contributed by atoms with Crippen molar-refractivity contribution in [1.82, 2.24) is 14.9 Å². The van der Waals surface area contributed by atoms with E-state index < -0.39 is 0 Å². The topological polar surface area (TPSA) is 56.2 Å². The Bertz CT molecular complexity index is 422. The number of nitrogens with zero attached hydrogens (tertiary/aromatic N) is 2. The molecule has 1 aliphatic heterocycles. The zero-order valence-electron chi connectivity index (χ0n) is 11.8. The number of nitrogens with one attached hydrogen (secondary N) is 1. The van der Waals surface area contributed by atoms with Crippen LogP contribution in [0.4, 0.5) is 0 Å². The second kappa shape index (κ2) is 6.70. The first kappa shape index (κ1) is 14.1. The predicted molar refractivity (Wildman–Crippen MR) is 72.9 cm³/mol. The van der Waals surface area contributed by atoms with Gasteiger partial charge in [-0.15, -0.1) is 0 Å². The Balaban J connectivity index is 1.67. The van der Waals surface area contributed by atoms with Crippen molar-refractivity contribution in [2.24, 2.45) is 5.92 Å². The number of hydrogen-bond donors (Lipinski definition) is 1. The molecule has 0 saturated carbocycles. The summed E-state index contributed by atoms with van der Waals surface area (Å²) >= 11 is 0. The van der Waals surface area contributed by atoms with E-state index in [9.17, 15) is 4.79 Å². The summed E-state index contributed by atoms with van der Waals surface area (Å²) in [7, 11) is 0. The van der Waals surface area contributed by atoms with E-state index in [0.29, 0.717) is 18.9 Å². The average Bonchev–Trinajstić information content (AvgIpc) is 2.72. The summed E-state index contributed by atoms with van der Waals surface area (Å²) in [4.78, 5) is 16.0. The minimum Gasteiger partial charge on any atom is -0.381 e. The van der Waals surface area contributed by atoms with Crippen LogP contribution in [0, 0.1) is 19.8 Å². The van der Waals surface area contributed by atoms with E-state index in [1.165, 1.54) is 0 Å². The van der Waals surface area contributed by atoms with Crippen molar-refractivity contribution in [1.29, 1.82) is 0 Å². The summed E-state index contributed by atoms with van der Waals surface area (Å²) in [6, 6.07) is 0. The first-order valence-corrected chi connectivity index (χ1v) is 6.99. The van der Waals surface area contributed by atoms with Gasteiger partial charge in [-0.2, -0.15) is 0 Å². The van der Waals surface area contributed by atoms with Gasteiger partial charge in [0.25, 0.3) is 0 Å². The minimum atomic E-state index is 0.130. The van der Waals surface area contributed by atoms with Gasteiger partial charge in [0.1, 0.15) is 0 Å². The van der Waals surface area contributed by atoms with Gasteiger partial charge >= 0.3 is 0 Å². The summed E-state index contributed by atoms with van der Waals surface area (Å²) in [6.45, 7) is 7.05. The molecule has 1 aromatic rings. The molecule has 0 aromatic carbocycles. The molecule has 1 atom stereocenters. The van der Waals surface area contributed by atoms with Crippen molar-refractivity contribution in [3.05, 3.63) is 17.7 Å². The lowest BCUT2D eigenvalue weighted by Gasteiger charge is -2.21. The molecular weight excluding hydrogens is 242 g/mol. The van der Waals surface area contributed by atoms with Crippen LogP contribution < -0.4 is 5.32 Å². The highest BCUT2D eigenvalue weighted by atomic mass is 16.5. The summed E-state index contributed by atoms with van der Waals surface area (Å²) < 4.78 is 7.45. The molecule has 5 nitrogen and oxygen atoms in total. The van der Waals surface area contributed by atoms with Gasteiger partial charge in [-0.3, -0.25) is 4.79 Å². The Morgan fingerprint density at radius 1 is 1.58 bits per heavy atom. The van der Waals surface area contributed by atoms with Crippen molar-refractivity contribution < 1.29 is 9.53 Å². The van der Waals surface area contributed by atoms with Crippen molar-refractivity contribution in [2.75, 3.05) is 19.8 Å². The third kappa shape index (κ3) is 4.06. The maximum absolute atomic E-state index is 11.8. The molecule has 2 heterocycles. The molecular formula is C14H23N3O2. The minimum absolute atomic E-state index is 0.130. The van der Waals surface area contributed by atoms with Gasteiger partial charge < -0.3 is 14.6 Å². The van der Waals surface area contributed by atoms with Crippen LogP contribution in [0.25, 0.3) is 0 Å². The Morgan fingerprint density at radius 3 is 3.05 bits per heavy atom. The van der Waals surface area contributed by atoms with E-state index >= 15 is 0 Å². The second-order valence-corrected chi connectivity index (χ2v) is 5.25. The third-order valence-corrected chi connectivity index (χ3v) is 3.75. The number of amides is 1. The van der Waals surface area contributed by atoms with Crippen LogP contribution in [0.2, 0.25) is 0 Å². The van der Waals surface area contributed by atoms with Gasteiger partial charge in [0.2, 0.25) is 5.91 Å². The van der Waals surface area contributed by atoms with E-state index in [1.807, 2.05) is 20.2 Å². The Hall–Kier alpha value is -1.36. The van der Waals surface area contributed by atoms with Crippen molar-refractivity contribution in [2.45, 2.75) is 39.7 Å². The van der Waals surface area contributed by atoms with Gasteiger partial charge in [0, 0.05) is 38.4 Å². The quantitative estimate of drug-likeness (QED) is 0.876. The molecule has 1 N–H and O–H groups in total. The second-order valence-electron chi connectivity index (χ2n) is 5.25. The number of aromatic nitrogens is 2. The highest BCUT2D eigenvalue weighted by molar-refractivity contribution is 5.76. The van der Waals surface area contributed by atoms with Crippen LogP contribution in [0.5, 0.6) is 0 Å². The molecule has 1 saturated heterocycles. The van der Waals surface area contributed by atoms with Crippen molar-refractivity contribution in [3.8, 4) is 0 Å². The van der Waals surface area contributed by atoms with Crippen LogP contribution >= 0.6 is 0 Å². The van der Waals surface area contributed by atoms with E-state index in [1.54, 1.807) is 0 Å². The Labute approximate surface area is 114 Å². The lowest BCUT2D eigenvalue weighted by molar-refractivity contribution is -0.123. The molecule has 0 bridgehead atoms. The van der Waals surface area contributed by atoms with E-state index in [2.05, 4.69) is 14.9 Å². The van der Waals surface area contributed by atoms with E-state index in [4.69, 9.17) is 4.74 Å². The molecule has 5 heteroatoms. The van der Waals surface area contributed by atoms with E-state index in [0.717, 1.165) is 44.0 Å². The molecule has 1 unspecified atom stereocenters. The highest BCUT2D eigenvalue weighted by Gasteiger charge is 2.17. The molecule has 0 radical (unpaired) electrons. The molecule has 1 fully saturated rings. The largest absolute Gasteiger partial charge is 0.381 e. The zero-order valence-corrected chi connectivity index (χ0v) is 11.8. The fraction of sp³-hybridized carbons (Fsp3) is 0.714. The fourth-order valence-electron chi connectivity index (χ4n) is 2.39. The zero-order chi connectivity index (χ0) is 13.7. The van der Waals surface area contributed by atoms with E-state index in [-0.39, 0.29) is 5.91 Å². The maximum atomic E-state index is 11.8. The van der Waals surface area contributed by atoms with Crippen LogP contribution in [0.3, 0.4) is 0 Å². The Kier molecular flexibility index (Phi) is 4.96. The summed E-state index contributed by atoms with van der Waals surface area (Å²) in [5.74, 6) is 0.524. The highest BCUT2D eigenvalue weighted by Crippen LogP contribution is 2.16. The summed E-state index contributed by atoms with van der Waals surface area (Å²) in [5, 5.41) is 2.97. The predicted octanol–water partition coefficient (Wildman–Crippen LogP) is 1.43. The molecule has 1 aromatic heterocycles. The first-order chi connectivity index (χ1) is 9.16. The molecule has 2 rings (SSSR count). The van der Waals surface area contributed by atoms with Gasteiger partial charge in [0.05, 0.1) is 12.0 Å². The SMILES string of the molecule is Cc1ncn(CCNC(=O)CC2CCCOC2)c1C. The average molecular weight is 265 g/mol. The van der Waals surface area contributed by atoms with Crippen molar-refractivity contribution in [3.63, 3.8) is 0 Å². The smallest absolute Gasteiger partial charge is 0.220 e. The van der Waals surface area contributed by atoms with Gasteiger partial charge in [-0.25, -0.2) is 4.98 Å². The molecule has 0 aliphatic carbocycles.